The van der Waals surface area contributed by atoms with Crippen LogP contribution in [0.2, 0.25) is 0 Å². The van der Waals surface area contributed by atoms with Crippen LogP contribution in [0.1, 0.15) is 48.0 Å². The molecule has 0 aromatic heterocycles. The Morgan fingerprint density at radius 2 is 1.73 bits per heavy atom. The zero-order valence-corrected chi connectivity index (χ0v) is 11.0. The van der Waals surface area contributed by atoms with Crippen molar-refractivity contribution < 1.29 is 4.79 Å². The molecule has 15 heavy (non-hydrogen) atoms. The maximum atomic E-state index is 11.4. The van der Waals surface area contributed by atoms with E-state index >= 15 is 0 Å². The molecule has 1 atom stereocenters. The topological polar surface area (TPSA) is 55.1 Å². The van der Waals surface area contributed by atoms with Gasteiger partial charge in [0.15, 0.2) is 0 Å². The SMILES string of the molecule is CC(N)CC(=O)NCC(C)(C)C(C)(C)C. The zero-order chi connectivity index (χ0) is 12.3. The van der Waals surface area contributed by atoms with Gasteiger partial charge >= 0.3 is 0 Å². The number of hydrogen-bond acceptors (Lipinski definition) is 2. The summed E-state index contributed by atoms with van der Waals surface area (Å²) in [6, 6.07) is -0.0669. The van der Waals surface area contributed by atoms with Crippen LogP contribution in [0.4, 0.5) is 0 Å². The normalized spacial score (nSPS) is 14.9. The Balaban J connectivity index is 4.10. The Bertz CT molecular complexity index is 214. The Labute approximate surface area is 93.8 Å². The van der Waals surface area contributed by atoms with Crippen molar-refractivity contribution in [1.29, 1.82) is 0 Å². The van der Waals surface area contributed by atoms with Gasteiger partial charge in [-0.05, 0) is 17.8 Å². The van der Waals surface area contributed by atoms with Crippen molar-refractivity contribution in [2.75, 3.05) is 6.54 Å². The second-order valence-corrected chi connectivity index (χ2v) is 6.09. The van der Waals surface area contributed by atoms with Gasteiger partial charge in [0, 0.05) is 19.0 Å². The summed E-state index contributed by atoms with van der Waals surface area (Å²) >= 11 is 0. The Morgan fingerprint density at radius 3 is 2.07 bits per heavy atom. The molecule has 3 nitrogen and oxygen atoms in total. The van der Waals surface area contributed by atoms with E-state index in [1.165, 1.54) is 0 Å². The van der Waals surface area contributed by atoms with Gasteiger partial charge in [-0.3, -0.25) is 4.79 Å². The molecule has 3 heteroatoms. The van der Waals surface area contributed by atoms with Crippen LogP contribution in [0.15, 0.2) is 0 Å². The van der Waals surface area contributed by atoms with E-state index in [1.54, 1.807) is 0 Å². The maximum absolute atomic E-state index is 11.4. The smallest absolute Gasteiger partial charge is 0.221 e. The molecule has 0 spiro atoms. The maximum Gasteiger partial charge on any atom is 0.221 e. The van der Waals surface area contributed by atoms with Crippen LogP contribution in [0.5, 0.6) is 0 Å². The molecule has 0 aliphatic heterocycles. The summed E-state index contributed by atoms with van der Waals surface area (Å²) in [4.78, 5) is 11.4. The van der Waals surface area contributed by atoms with Crippen molar-refractivity contribution in [1.82, 2.24) is 5.32 Å². The minimum Gasteiger partial charge on any atom is -0.355 e. The molecule has 3 N–H and O–H groups in total. The lowest BCUT2D eigenvalue weighted by Gasteiger charge is -2.39. The average Bonchev–Trinajstić information content (AvgIpc) is 1.97. The predicted molar refractivity (Wildman–Crippen MR) is 64.5 cm³/mol. The Hall–Kier alpha value is -0.570. The number of nitrogens with two attached hydrogens (primary N) is 1. The monoisotopic (exact) mass is 214 g/mol. The van der Waals surface area contributed by atoms with Crippen LogP contribution >= 0.6 is 0 Å². The predicted octanol–water partition coefficient (Wildman–Crippen LogP) is 1.91. The lowest BCUT2D eigenvalue weighted by molar-refractivity contribution is -0.122. The number of carbonyl (C=O) groups excluding carboxylic acids is 1. The third kappa shape index (κ3) is 5.17. The molecule has 0 heterocycles. The van der Waals surface area contributed by atoms with E-state index in [2.05, 4.69) is 39.9 Å². The fraction of sp³-hybridized carbons (Fsp3) is 0.917. The third-order valence-electron chi connectivity index (χ3n) is 3.27. The fourth-order valence-corrected chi connectivity index (χ4v) is 0.949. The van der Waals surface area contributed by atoms with Gasteiger partial charge in [0.2, 0.25) is 5.91 Å². The van der Waals surface area contributed by atoms with E-state index in [0.29, 0.717) is 13.0 Å². The number of hydrogen-bond donors (Lipinski definition) is 2. The van der Waals surface area contributed by atoms with Gasteiger partial charge in [-0.25, -0.2) is 0 Å². The number of nitrogens with one attached hydrogen (secondary N) is 1. The minimum absolute atomic E-state index is 0.0438. The summed E-state index contributed by atoms with van der Waals surface area (Å²) in [7, 11) is 0. The van der Waals surface area contributed by atoms with Crippen molar-refractivity contribution in [3.8, 4) is 0 Å². The van der Waals surface area contributed by atoms with E-state index in [4.69, 9.17) is 5.73 Å². The van der Waals surface area contributed by atoms with Crippen molar-refractivity contribution >= 4 is 5.91 Å². The molecular weight excluding hydrogens is 188 g/mol. The van der Waals surface area contributed by atoms with E-state index in [-0.39, 0.29) is 22.8 Å². The van der Waals surface area contributed by atoms with Gasteiger partial charge in [-0.2, -0.15) is 0 Å². The van der Waals surface area contributed by atoms with E-state index in [0.717, 1.165) is 0 Å². The Kier molecular flexibility index (Phi) is 4.78. The summed E-state index contributed by atoms with van der Waals surface area (Å²) in [5.41, 5.74) is 5.82. The molecule has 0 saturated carbocycles. The van der Waals surface area contributed by atoms with Gasteiger partial charge in [-0.15, -0.1) is 0 Å². The van der Waals surface area contributed by atoms with E-state index in [9.17, 15) is 4.79 Å². The summed E-state index contributed by atoms with van der Waals surface area (Å²) in [5.74, 6) is 0.0438. The molecule has 0 aromatic carbocycles. The second kappa shape index (κ2) is 4.97. The van der Waals surface area contributed by atoms with E-state index < -0.39 is 0 Å². The third-order valence-corrected chi connectivity index (χ3v) is 3.27. The summed E-state index contributed by atoms with van der Waals surface area (Å²) < 4.78 is 0. The van der Waals surface area contributed by atoms with Gasteiger partial charge in [0.05, 0.1) is 0 Å². The van der Waals surface area contributed by atoms with Crippen LogP contribution in [0.3, 0.4) is 0 Å². The number of carbonyl (C=O) groups is 1. The second-order valence-electron chi connectivity index (χ2n) is 6.09. The molecule has 0 bridgehead atoms. The summed E-state index contributed by atoms with van der Waals surface area (Å²) in [6.45, 7) is 13.4. The average molecular weight is 214 g/mol. The molecule has 1 amide bonds. The minimum atomic E-state index is -0.0669. The Morgan fingerprint density at radius 1 is 1.27 bits per heavy atom. The molecule has 0 radical (unpaired) electrons. The highest BCUT2D eigenvalue weighted by Gasteiger charge is 2.32. The fourth-order valence-electron chi connectivity index (χ4n) is 0.949. The first kappa shape index (κ1) is 14.4. The van der Waals surface area contributed by atoms with Crippen LogP contribution in [-0.4, -0.2) is 18.5 Å². The van der Waals surface area contributed by atoms with Crippen LogP contribution < -0.4 is 11.1 Å². The van der Waals surface area contributed by atoms with Crippen molar-refractivity contribution in [2.24, 2.45) is 16.6 Å². The van der Waals surface area contributed by atoms with Crippen molar-refractivity contribution in [3.63, 3.8) is 0 Å². The quantitative estimate of drug-likeness (QED) is 0.751. The zero-order valence-electron chi connectivity index (χ0n) is 11.0. The number of amides is 1. The molecule has 0 aliphatic rings. The van der Waals surface area contributed by atoms with Crippen LogP contribution in [0.25, 0.3) is 0 Å². The number of rotatable bonds is 4. The van der Waals surface area contributed by atoms with Gasteiger partial charge in [0.1, 0.15) is 0 Å². The molecular formula is C12H26N2O. The first-order chi connectivity index (χ1) is 6.56. The van der Waals surface area contributed by atoms with Crippen LogP contribution in [-0.2, 0) is 4.79 Å². The van der Waals surface area contributed by atoms with Gasteiger partial charge in [0.25, 0.3) is 0 Å². The molecule has 0 saturated heterocycles. The molecule has 90 valence electrons. The lowest BCUT2D eigenvalue weighted by Crippen LogP contribution is -2.42. The lowest BCUT2D eigenvalue weighted by atomic mass is 9.69. The van der Waals surface area contributed by atoms with Crippen LogP contribution in [0, 0.1) is 10.8 Å². The molecule has 0 aromatic rings. The largest absolute Gasteiger partial charge is 0.355 e. The molecule has 0 rings (SSSR count). The van der Waals surface area contributed by atoms with Crippen molar-refractivity contribution in [2.45, 2.75) is 54.0 Å². The van der Waals surface area contributed by atoms with Gasteiger partial charge in [-0.1, -0.05) is 34.6 Å². The highest BCUT2D eigenvalue weighted by molar-refractivity contribution is 5.76. The molecule has 0 aliphatic carbocycles. The standard InChI is InChI=1S/C12H26N2O/c1-9(13)7-10(15)14-8-12(5,6)11(2,3)4/h9H,7-8,13H2,1-6H3,(H,14,15). The van der Waals surface area contributed by atoms with Crippen molar-refractivity contribution in [3.05, 3.63) is 0 Å². The molecule has 1 unspecified atom stereocenters. The van der Waals surface area contributed by atoms with E-state index in [1.807, 2.05) is 6.92 Å². The summed E-state index contributed by atoms with van der Waals surface area (Å²) in [6.07, 6.45) is 0.403. The first-order valence-corrected chi connectivity index (χ1v) is 5.58. The summed E-state index contributed by atoms with van der Waals surface area (Å²) in [5, 5.41) is 2.94. The van der Waals surface area contributed by atoms with Gasteiger partial charge < -0.3 is 11.1 Å². The highest BCUT2D eigenvalue weighted by atomic mass is 16.1. The molecule has 0 fully saturated rings. The highest BCUT2D eigenvalue weighted by Crippen LogP contribution is 2.36. The first-order valence-electron chi connectivity index (χ1n) is 5.58.